The van der Waals surface area contributed by atoms with Gasteiger partial charge in [0.05, 0.1) is 12.3 Å². The highest BCUT2D eigenvalue weighted by atomic mass is 16.5. The second-order valence-corrected chi connectivity index (χ2v) is 6.12. The molecule has 1 saturated heterocycles. The second-order valence-electron chi connectivity index (χ2n) is 6.12. The lowest BCUT2D eigenvalue weighted by atomic mass is 10.00. The van der Waals surface area contributed by atoms with Crippen molar-refractivity contribution in [1.82, 2.24) is 15.1 Å². The summed E-state index contributed by atoms with van der Waals surface area (Å²) in [5.74, 6) is 1.40. The van der Waals surface area contributed by atoms with E-state index in [4.69, 9.17) is 9.15 Å². The van der Waals surface area contributed by atoms with E-state index in [1.807, 2.05) is 38.2 Å². The van der Waals surface area contributed by atoms with Gasteiger partial charge in [-0.25, -0.2) is 4.79 Å². The van der Waals surface area contributed by atoms with Crippen LogP contribution in [-0.4, -0.2) is 63.3 Å². The van der Waals surface area contributed by atoms with Crippen molar-refractivity contribution in [3.05, 3.63) is 24.2 Å². The molecule has 0 bridgehead atoms. The number of ether oxygens (including phenoxy) is 1. The van der Waals surface area contributed by atoms with Crippen molar-refractivity contribution in [2.24, 2.45) is 5.92 Å². The molecule has 1 aliphatic heterocycles. The van der Waals surface area contributed by atoms with Crippen LogP contribution in [-0.2, 0) is 4.74 Å². The summed E-state index contributed by atoms with van der Waals surface area (Å²) in [5, 5.41) is 3.00. The van der Waals surface area contributed by atoms with Gasteiger partial charge < -0.3 is 19.4 Å². The van der Waals surface area contributed by atoms with E-state index in [1.54, 1.807) is 11.2 Å². The number of nitrogens with zero attached hydrogens (tertiary/aromatic N) is 2. The number of hydrogen-bond donors (Lipinski definition) is 1. The molecule has 1 atom stereocenters. The summed E-state index contributed by atoms with van der Waals surface area (Å²) in [5.41, 5.74) is 0. The highest BCUT2D eigenvalue weighted by molar-refractivity contribution is 5.73. The van der Waals surface area contributed by atoms with Gasteiger partial charge in [-0.15, -0.1) is 0 Å². The Balaban J connectivity index is 1.80. The van der Waals surface area contributed by atoms with E-state index in [2.05, 4.69) is 5.32 Å². The average Bonchev–Trinajstić information content (AvgIpc) is 3.02. The van der Waals surface area contributed by atoms with Gasteiger partial charge in [-0.3, -0.25) is 4.90 Å². The fourth-order valence-electron chi connectivity index (χ4n) is 2.74. The molecule has 0 radical (unpaired) electrons. The molecule has 0 spiro atoms. The minimum Gasteiger partial charge on any atom is -0.468 e. The van der Waals surface area contributed by atoms with Crippen LogP contribution < -0.4 is 5.32 Å². The first-order chi connectivity index (χ1) is 10.6. The Morgan fingerprint density at radius 3 is 2.68 bits per heavy atom. The Morgan fingerprint density at radius 2 is 2.09 bits per heavy atom. The van der Waals surface area contributed by atoms with E-state index in [-0.39, 0.29) is 12.1 Å². The molecule has 22 heavy (non-hydrogen) atoms. The van der Waals surface area contributed by atoms with Gasteiger partial charge in [-0.1, -0.05) is 0 Å². The maximum atomic E-state index is 12.2. The van der Waals surface area contributed by atoms with E-state index < -0.39 is 0 Å². The molecule has 1 aliphatic rings. The number of carbonyl (C=O) groups is 1. The molecule has 6 nitrogen and oxygen atoms in total. The van der Waals surface area contributed by atoms with Crippen molar-refractivity contribution < 1.29 is 13.9 Å². The smallest absolute Gasteiger partial charge is 0.317 e. The molecule has 2 heterocycles. The van der Waals surface area contributed by atoms with Crippen molar-refractivity contribution in [1.29, 1.82) is 0 Å². The molecule has 0 aromatic carbocycles. The Hall–Kier alpha value is -1.53. The standard InChI is InChI=1S/C16H27N3O3/c1-18(2)14(15-5-4-8-22-15)11-17-16(20)19(3)12-13-6-9-21-10-7-13/h4-5,8,13-14H,6-7,9-12H2,1-3H3,(H,17,20)/t14-/m0/s1. The molecular weight excluding hydrogens is 282 g/mol. The Labute approximate surface area is 132 Å². The molecular formula is C16H27N3O3. The summed E-state index contributed by atoms with van der Waals surface area (Å²) in [4.78, 5) is 16.1. The quantitative estimate of drug-likeness (QED) is 0.872. The van der Waals surface area contributed by atoms with Gasteiger partial charge in [-0.2, -0.15) is 0 Å². The largest absolute Gasteiger partial charge is 0.468 e. The molecule has 1 N–H and O–H groups in total. The molecule has 1 fully saturated rings. The monoisotopic (exact) mass is 309 g/mol. The van der Waals surface area contributed by atoms with Gasteiger partial charge in [0.2, 0.25) is 0 Å². The van der Waals surface area contributed by atoms with Crippen molar-refractivity contribution in [3.8, 4) is 0 Å². The highest BCUT2D eigenvalue weighted by Crippen LogP contribution is 2.18. The predicted molar refractivity (Wildman–Crippen MR) is 84.7 cm³/mol. The number of furan rings is 1. The molecule has 1 aromatic rings. The van der Waals surface area contributed by atoms with Crippen molar-refractivity contribution in [2.75, 3.05) is 47.4 Å². The number of nitrogens with one attached hydrogen (secondary N) is 1. The predicted octanol–water partition coefficient (Wildman–Crippen LogP) is 1.95. The lowest BCUT2D eigenvalue weighted by molar-refractivity contribution is 0.0585. The first kappa shape index (κ1) is 16.8. The van der Waals surface area contributed by atoms with Crippen molar-refractivity contribution in [2.45, 2.75) is 18.9 Å². The number of urea groups is 1. The van der Waals surface area contributed by atoms with Crippen LogP contribution in [0.3, 0.4) is 0 Å². The van der Waals surface area contributed by atoms with E-state index >= 15 is 0 Å². The minimum absolute atomic E-state index is 0.0371. The van der Waals surface area contributed by atoms with Crippen LogP contribution in [0.2, 0.25) is 0 Å². The zero-order chi connectivity index (χ0) is 15.9. The second kappa shape index (κ2) is 8.19. The summed E-state index contributed by atoms with van der Waals surface area (Å²) in [6.45, 7) is 2.92. The number of likely N-dealkylation sites (N-methyl/N-ethyl adjacent to an activating group) is 1. The molecule has 2 amide bonds. The first-order valence-electron chi connectivity index (χ1n) is 7.84. The maximum Gasteiger partial charge on any atom is 0.317 e. The van der Waals surface area contributed by atoms with E-state index in [0.29, 0.717) is 12.5 Å². The number of rotatable bonds is 6. The Morgan fingerprint density at radius 1 is 1.36 bits per heavy atom. The summed E-state index contributed by atoms with van der Waals surface area (Å²) >= 11 is 0. The fraction of sp³-hybridized carbons (Fsp3) is 0.688. The van der Waals surface area contributed by atoms with Gasteiger partial charge >= 0.3 is 6.03 Å². The van der Waals surface area contributed by atoms with E-state index in [0.717, 1.165) is 38.4 Å². The first-order valence-corrected chi connectivity index (χ1v) is 7.84. The summed E-state index contributed by atoms with van der Waals surface area (Å²) < 4.78 is 10.8. The Bertz CT molecular complexity index is 441. The van der Waals surface area contributed by atoms with Gasteiger partial charge in [0, 0.05) is 33.4 Å². The number of amides is 2. The molecule has 124 valence electrons. The van der Waals surface area contributed by atoms with Gasteiger partial charge in [0.25, 0.3) is 0 Å². The molecule has 0 unspecified atom stereocenters. The summed E-state index contributed by atoms with van der Waals surface area (Å²) in [7, 11) is 5.80. The molecule has 0 saturated carbocycles. The van der Waals surface area contributed by atoms with E-state index in [9.17, 15) is 4.79 Å². The molecule has 6 heteroatoms. The Kier molecular flexibility index (Phi) is 6.27. The van der Waals surface area contributed by atoms with Gasteiger partial charge in [0.1, 0.15) is 5.76 Å². The topological polar surface area (TPSA) is 58.0 Å². The summed E-state index contributed by atoms with van der Waals surface area (Å²) in [6.07, 6.45) is 3.72. The van der Waals surface area contributed by atoms with Gasteiger partial charge in [0.15, 0.2) is 0 Å². The van der Waals surface area contributed by atoms with Crippen LogP contribution in [0.5, 0.6) is 0 Å². The SMILES string of the molecule is CN(CC1CCOCC1)C(=O)NC[C@@H](c1ccco1)N(C)C. The number of hydrogen-bond acceptors (Lipinski definition) is 4. The zero-order valence-corrected chi connectivity index (χ0v) is 13.7. The van der Waals surface area contributed by atoms with Crippen LogP contribution in [0.15, 0.2) is 22.8 Å². The van der Waals surface area contributed by atoms with Crippen LogP contribution in [0.25, 0.3) is 0 Å². The molecule has 1 aromatic heterocycles. The lowest BCUT2D eigenvalue weighted by Crippen LogP contribution is -2.43. The fourth-order valence-corrected chi connectivity index (χ4v) is 2.74. The lowest BCUT2D eigenvalue weighted by Gasteiger charge is -2.28. The highest BCUT2D eigenvalue weighted by Gasteiger charge is 2.21. The third-order valence-corrected chi connectivity index (χ3v) is 4.16. The molecule has 0 aliphatic carbocycles. The van der Waals surface area contributed by atoms with Gasteiger partial charge in [-0.05, 0) is 45.0 Å². The van der Waals surface area contributed by atoms with Crippen molar-refractivity contribution >= 4 is 6.03 Å². The van der Waals surface area contributed by atoms with Crippen LogP contribution >= 0.6 is 0 Å². The van der Waals surface area contributed by atoms with Crippen LogP contribution in [0.1, 0.15) is 24.6 Å². The van der Waals surface area contributed by atoms with Crippen LogP contribution in [0.4, 0.5) is 4.79 Å². The third-order valence-electron chi connectivity index (χ3n) is 4.16. The zero-order valence-electron chi connectivity index (χ0n) is 13.7. The van der Waals surface area contributed by atoms with Crippen molar-refractivity contribution in [3.63, 3.8) is 0 Å². The number of carbonyl (C=O) groups excluding carboxylic acids is 1. The summed E-state index contributed by atoms with van der Waals surface area (Å²) in [6, 6.07) is 3.80. The normalized spacial score (nSPS) is 17.5. The maximum absolute atomic E-state index is 12.2. The van der Waals surface area contributed by atoms with E-state index in [1.165, 1.54) is 0 Å². The van der Waals surface area contributed by atoms with Crippen LogP contribution in [0, 0.1) is 5.92 Å². The average molecular weight is 309 g/mol. The third kappa shape index (κ3) is 4.74. The molecule has 2 rings (SSSR count). The minimum atomic E-state index is -0.0371.